The summed E-state index contributed by atoms with van der Waals surface area (Å²) < 4.78 is 5.32. The summed E-state index contributed by atoms with van der Waals surface area (Å²) in [4.78, 5) is 25.2. The molecule has 5 nitrogen and oxygen atoms in total. The molecule has 1 aliphatic rings. The van der Waals surface area contributed by atoms with Crippen LogP contribution in [0.4, 0.5) is 4.79 Å². The van der Waals surface area contributed by atoms with Gasteiger partial charge in [0, 0.05) is 13.1 Å². The maximum absolute atomic E-state index is 11.9. The summed E-state index contributed by atoms with van der Waals surface area (Å²) in [5.41, 5.74) is 4.43. The standard InChI is InChI=1S/C14H24N2O3/c1-5-6-14(11(15)17)7-9-16(10-8-14)12(18)19-13(2,3)4/h5H,1,6-10H2,2-4H3,(H2,15,17). The summed E-state index contributed by atoms with van der Waals surface area (Å²) >= 11 is 0. The Morgan fingerprint density at radius 1 is 1.37 bits per heavy atom. The van der Waals surface area contributed by atoms with Crippen molar-refractivity contribution in [2.45, 2.75) is 45.6 Å². The molecule has 0 aromatic heterocycles. The van der Waals surface area contributed by atoms with Crippen molar-refractivity contribution in [3.05, 3.63) is 12.7 Å². The third-order valence-corrected chi connectivity index (χ3v) is 3.43. The molecule has 1 rings (SSSR count). The Morgan fingerprint density at radius 3 is 2.26 bits per heavy atom. The van der Waals surface area contributed by atoms with Gasteiger partial charge in [0.2, 0.25) is 5.91 Å². The molecule has 0 aromatic carbocycles. The molecule has 0 radical (unpaired) electrons. The highest BCUT2D eigenvalue weighted by molar-refractivity contribution is 5.81. The van der Waals surface area contributed by atoms with Gasteiger partial charge >= 0.3 is 6.09 Å². The second-order valence-electron chi connectivity index (χ2n) is 6.10. The molecule has 2 N–H and O–H groups in total. The van der Waals surface area contributed by atoms with Gasteiger partial charge in [-0.25, -0.2) is 4.79 Å². The lowest BCUT2D eigenvalue weighted by molar-refractivity contribution is -0.130. The second-order valence-corrected chi connectivity index (χ2v) is 6.10. The van der Waals surface area contributed by atoms with Crippen molar-refractivity contribution in [3.8, 4) is 0 Å². The summed E-state index contributed by atoms with van der Waals surface area (Å²) in [6.07, 6.45) is 3.07. The van der Waals surface area contributed by atoms with E-state index in [2.05, 4.69) is 6.58 Å². The Labute approximate surface area is 114 Å². The number of carbonyl (C=O) groups is 2. The van der Waals surface area contributed by atoms with Crippen LogP contribution in [-0.2, 0) is 9.53 Å². The van der Waals surface area contributed by atoms with Gasteiger partial charge in [-0.3, -0.25) is 4.79 Å². The fourth-order valence-electron chi connectivity index (χ4n) is 2.27. The maximum atomic E-state index is 11.9. The molecule has 2 amide bonds. The molecular weight excluding hydrogens is 244 g/mol. The van der Waals surface area contributed by atoms with Gasteiger partial charge in [-0.2, -0.15) is 0 Å². The number of nitrogens with zero attached hydrogens (tertiary/aromatic N) is 1. The van der Waals surface area contributed by atoms with Crippen LogP contribution in [0.25, 0.3) is 0 Å². The van der Waals surface area contributed by atoms with Crippen molar-refractivity contribution < 1.29 is 14.3 Å². The van der Waals surface area contributed by atoms with Gasteiger partial charge in [0.15, 0.2) is 0 Å². The normalized spacial score (nSPS) is 18.8. The third-order valence-electron chi connectivity index (χ3n) is 3.43. The van der Waals surface area contributed by atoms with E-state index in [0.29, 0.717) is 32.4 Å². The molecule has 0 aliphatic carbocycles. The van der Waals surface area contributed by atoms with Crippen LogP contribution in [0.1, 0.15) is 40.0 Å². The van der Waals surface area contributed by atoms with E-state index >= 15 is 0 Å². The van der Waals surface area contributed by atoms with Gasteiger partial charge < -0.3 is 15.4 Å². The number of likely N-dealkylation sites (tertiary alicyclic amines) is 1. The van der Waals surface area contributed by atoms with E-state index < -0.39 is 11.0 Å². The number of hydrogen-bond donors (Lipinski definition) is 1. The van der Waals surface area contributed by atoms with E-state index in [4.69, 9.17) is 10.5 Å². The predicted molar refractivity (Wildman–Crippen MR) is 73.5 cm³/mol. The van der Waals surface area contributed by atoms with Gasteiger partial charge in [-0.05, 0) is 40.0 Å². The van der Waals surface area contributed by atoms with E-state index in [9.17, 15) is 9.59 Å². The first-order valence-electron chi connectivity index (χ1n) is 6.59. The van der Waals surface area contributed by atoms with Gasteiger partial charge in [0.25, 0.3) is 0 Å². The minimum Gasteiger partial charge on any atom is -0.444 e. The van der Waals surface area contributed by atoms with Gasteiger partial charge in [0.1, 0.15) is 5.60 Å². The number of ether oxygens (including phenoxy) is 1. The van der Waals surface area contributed by atoms with E-state index in [0.717, 1.165) is 0 Å². The van der Waals surface area contributed by atoms with Crippen LogP contribution in [0.2, 0.25) is 0 Å². The van der Waals surface area contributed by atoms with E-state index in [1.165, 1.54) is 0 Å². The molecular formula is C14H24N2O3. The Kier molecular flexibility index (Phi) is 4.61. The van der Waals surface area contributed by atoms with Crippen molar-refractivity contribution in [2.75, 3.05) is 13.1 Å². The Morgan fingerprint density at radius 2 is 1.89 bits per heavy atom. The first-order chi connectivity index (χ1) is 8.70. The Hall–Kier alpha value is -1.52. The van der Waals surface area contributed by atoms with E-state index in [1.807, 2.05) is 20.8 Å². The number of nitrogens with two attached hydrogens (primary N) is 1. The topological polar surface area (TPSA) is 72.6 Å². The number of hydrogen-bond acceptors (Lipinski definition) is 3. The lowest BCUT2D eigenvalue weighted by Crippen LogP contribution is -2.49. The van der Waals surface area contributed by atoms with E-state index in [1.54, 1.807) is 11.0 Å². The van der Waals surface area contributed by atoms with Gasteiger partial charge in [-0.15, -0.1) is 6.58 Å². The fourth-order valence-corrected chi connectivity index (χ4v) is 2.27. The molecule has 5 heteroatoms. The average molecular weight is 268 g/mol. The molecule has 19 heavy (non-hydrogen) atoms. The van der Waals surface area contributed by atoms with Crippen molar-refractivity contribution in [2.24, 2.45) is 11.1 Å². The minimum atomic E-state index is -0.555. The fraction of sp³-hybridized carbons (Fsp3) is 0.714. The Balaban J connectivity index is 2.63. The van der Waals surface area contributed by atoms with Crippen LogP contribution < -0.4 is 5.73 Å². The van der Waals surface area contributed by atoms with Crippen molar-refractivity contribution >= 4 is 12.0 Å². The number of primary amides is 1. The highest BCUT2D eigenvalue weighted by atomic mass is 16.6. The summed E-state index contributed by atoms with van der Waals surface area (Å²) in [6.45, 7) is 10.2. The highest BCUT2D eigenvalue weighted by Gasteiger charge is 2.40. The molecule has 108 valence electrons. The first-order valence-corrected chi connectivity index (χ1v) is 6.59. The second kappa shape index (κ2) is 5.63. The zero-order valence-electron chi connectivity index (χ0n) is 12.1. The quantitative estimate of drug-likeness (QED) is 0.796. The third kappa shape index (κ3) is 3.98. The minimum absolute atomic E-state index is 0.309. The Bertz CT molecular complexity index is 363. The summed E-state index contributed by atoms with van der Waals surface area (Å²) in [6, 6.07) is 0. The van der Waals surface area contributed by atoms with E-state index in [-0.39, 0.29) is 12.0 Å². The first kappa shape index (κ1) is 15.5. The molecule has 1 saturated heterocycles. The average Bonchev–Trinajstić information content (AvgIpc) is 2.27. The van der Waals surface area contributed by atoms with Crippen LogP contribution in [0.5, 0.6) is 0 Å². The summed E-state index contributed by atoms with van der Waals surface area (Å²) in [5, 5.41) is 0. The molecule has 0 unspecified atom stereocenters. The van der Waals surface area contributed by atoms with Crippen LogP contribution in [0, 0.1) is 5.41 Å². The largest absolute Gasteiger partial charge is 0.444 e. The number of rotatable bonds is 3. The maximum Gasteiger partial charge on any atom is 0.410 e. The van der Waals surface area contributed by atoms with Crippen molar-refractivity contribution in [3.63, 3.8) is 0 Å². The molecule has 0 bridgehead atoms. The van der Waals surface area contributed by atoms with Crippen LogP contribution in [0.3, 0.4) is 0 Å². The molecule has 1 aliphatic heterocycles. The highest BCUT2D eigenvalue weighted by Crippen LogP contribution is 2.35. The van der Waals surface area contributed by atoms with Crippen LogP contribution in [-0.4, -0.2) is 35.6 Å². The number of carbonyl (C=O) groups excluding carboxylic acids is 2. The zero-order valence-corrected chi connectivity index (χ0v) is 12.1. The number of allylic oxidation sites excluding steroid dienone is 1. The van der Waals surface area contributed by atoms with Gasteiger partial charge in [0.05, 0.1) is 5.41 Å². The zero-order chi connectivity index (χ0) is 14.7. The number of amides is 2. The van der Waals surface area contributed by atoms with Gasteiger partial charge in [-0.1, -0.05) is 6.08 Å². The summed E-state index contributed by atoms with van der Waals surface area (Å²) in [7, 11) is 0. The molecule has 0 atom stereocenters. The summed E-state index contributed by atoms with van der Waals surface area (Å²) in [5.74, 6) is -0.309. The molecule has 0 spiro atoms. The van der Waals surface area contributed by atoms with Crippen LogP contribution >= 0.6 is 0 Å². The van der Waals surface area contributed by atoms with Crippen molar-refractivity contribution in [1.82, 2.24) is 4.90 Å². The van der Waals surface area contributed by atoms with Crippen molar-refractivity contribution in [1.29, 1.82) is 0 Å². The SMILES string of the molecule is C=CCC1(C(N)=O)CCN(C(=O)OC(C)(C)C)CC1. The number of piperidine rings is 1. The predicted octanol–water partition coefficient (Wildman–Crippen LogP) is 2.07. The lowest BCUT2D eigenvalue weighted by atomic mass is 9.75. The molecule has 1 heterocycles. The van der Waals surface area contributed by atoms with Crippen LogP contribution in [0.15, 0.2) is 12.7 Å². The lowest BCUT2D eigenvalue weighted by Gasteiger charge is -2.39. The molecule has 1 fully saturated rings. The smallest absolute Gasteiger partial charge is 0.410 e. The molecule has 0 aromatic rings. The molecule has 0 saturated carbocycles. The monoisotopic (exact) mass is 268 g/mol.